The minimum Gasteiger partial charge on any atom is -0.493 e. The van der Waals surface area contributed by atoms with E-state index in [0.717, 1.165) is 41.5 Å². The Hall–Kier alpha value is -1.79. The monoisotopic (exact) mass is 345 g/mol. The van der Waals surface area contributed by atoms with Crippen molar-refractivity contribution in [2.24, 2.45) is 0 Å². The van der Waals surface area contributed by atoms with E-state index in [9.17, 15) is 0 Å². The molecule has 0 aliphatic rings. The van der Waals surface area contributed by atoms with Gasteiger partial charge < -0.3 is 19.8 Å². The zero-order chi connectivity index (χ0) is 18.0. The first-order valence-corrected chi connectivity index (χ1v) is 7.54. The number of hydrogen-bond acceptors (Lipinski definition) is 4. The van der Waals surface area contributed by atoms with Crippen molar-refractivity contribution in [1.82, 2.24) is 4.90 Å². The van der Waals surface area contributed by atoms with Gasteiger partial charge in [0.1, 0.15) is 5.75 Å². The summed E-state index contributed by atoms with van der Waals surface area (Å²) in [7, 11) is 4.18. The molecule has 130 valence electrons. The number of unbranched alkanes of at least 4 members (excludes halogenated alkanes) is 1. The van der Waals surface area contributed by atoms with E-state index in [1.54, 1.807) is 0 Å². The van der Waals surface area contributed by atoms with E-state index >= 15 is 0 Å². The Kier molecular flexibility index (Phi) is 10.0. The van der Waals surface area contributed by atoms with E-state index in [2.05, 4.69) is 25.9 Å². The van der Waals surface area contributed by atoms with E-state index in [1.807, 2.05) is 19.1 Å². The highest BCUT2D eigenvalue weighted by molar-refractivity contribution is 6.31. The third-order valence-corrected chi connectivity index (χ3v) is 3.52. The molecule has 0 amide bonds. The first-order chi connectivity index (χ1) is 10.7. The molecule has 0 saturated heterocycles. The van der Waals surface area contributed by atoms with Crippen LogP contribution in [0.1, 0.15) is 24.0 Å². The van der Waals surface area contributed by atoms with Crippen molar-refractivity contribution in [2.45, 2.75) is 26.7 Å². The second kappa shape index (κ2) is 10.9. The summed E-state index contributed by atoms with van der Waals surface area (Å²) in [6, 6.07) is 3.86. The molecule has 6 nitrogen and oxygen atoms in total. The minimum atomic E-state index is -1.82. The van der Waals surface area contributed by atoms with Crippen molar-refractivity contribution in [1.29, 1.82) is 0 Å². The second-order valence-electron chi connectivity index (χ2n) is 5.26. The van der Waals surface area contributed by atoms with Gasteiger partial charge in [-0.15, -0.1) is 0 Å². The van der Waals surface area contributed by atoms with Gasteiger partial charge in [-0.2, -0.15) is 0 Å². The van der Waals surface area contributed by atoms with Crippen LogP contribution in [0.3, 0.4) is 0 Å². The number of halogens is 1. The number of hydrogen-bond donors (Lipinski definition) is 2. The molecule has 0 fully saturated rings. The van der Waals surface area contributed by atoms with E-state index < -0.39 is 11.9 Å². The van der Waals surface area contributed by atoms with Crippen molar-refractivity contribution in [2.75, 3.05) is 27.2 Å². The highest BCUT2D eigenvalue weighted by Gasteiger charge is 2.05. The van der Waals surface area contributed by atoms with Gasteiger partial charge in [0.15, 0.2) is 0 Å². The third kappa shape index (κ3) is 9.05. The summed E-state index contributed by atoms with van der Waals surface area (Å²) in [6.07, 6.45) is 2.25. The Bertz CT molecular complexity index is 519. The molecule has 23 heavy (non-hydrogen) atoms. The Morgan fingerprint density at radius 2 is 1.65 bits per heavy atom. The van der Waals surface area contributed by atoms with Crippen molar-refractivity contribution in [3.63, 3.8) is 0 Å². The van der Waals surface area contributed by atoms with Gasteiger partial charge in [-0.25, -0.2) is 9.59 Å². The predicted octanol–water partition coefficient (Wildman–Crippen LogP) is 2.83. The van der Waals surface area contributed by atoms with Crippen LogP contribution in [0.5, 0.6) is 5.75 Å². The summed E-state index contributed by atoms with van der Waals surface area (Å²) >= 11 is 6.04. The van der Waals surface area contributed by atoms with Crippen molar-refractivity contribution in [3.05, 3.63) is 28.3 Å². The number of benzene rings is 1. The van der Waals surface area contributed by atoms with Gasteiger partial charge in [0.25, 0.3) is 0 Å². The zero-order valence-corrected chi connectivity index (χ0v) is 14.7. The van der Waals surface area contributed by atoms with Gasteiger partial charge in [-0.05, 0) is 70.6 Å². The fourth-order valence-corrected chi connectivity index (χ4v) is 1.84. The Balaban J connectivity index is 0.000000688. The maximum absolute atomic E-state index is 9.10. The number of carbonyl (C=O) groups is 2. The molecule has 0 unspecified atom stereocenters. The lowest BCUT2D eigenvalue weighted by molar-refractivity contribution is -0.159. The molecule has 0 bridgehead atoms. The molecule has 1 rings (SSSR count). The van der Waals surface area contributed by atoms with E-state index in [0.29, 0.717) is 0 Å². The second-order valence-corrected chi connectivity index (χ2v) is 5.67. The molecule has 0 saturated carbocycles. The molecular formula is C16H24ClNO5. The fourth-order valence-electron chi connectivity index (χ4n) is 1.63. The zero-order valence-electron chi connectivity index (χ0n) is 13.9. The molecule has 0 heterocycles. The average molecular weight is 346 g/mol. The Labute approximate surface area is 141 Å². The summed E-state index contributed by atoms with van der Waals surface area (Å²) in [5.74, 6) is -2.69. The standard InChI is InChI=1S/C14H22ClNO.C2H2O4/c1-11-12(2)14(8-7-13(11)15)17-10-6-5-9-16(3)4;3-1(4)2(5)6/h7-8H,5-6,9-10H2,1-4H3;(H,3,4)(H,5,6). The highest BCUT2D eigenvalue weighted by Crippen LogP contribution is 2.27. The van der Waals surface area contributed by atoms with Crippen LogP contribution in [0, 0.1) is 13.8 Å². The van der Waals surface area contributed by atoms with Crippen LogP contribution < -0.4 is 4.74 Å². The highest BCUT2D eigenvalue weighted by atomic mass is 35.5. The van der Waals surface area contributed by atoms with E-state index in [-0.39, 0.29) is 0 Å². The van der Waals surface area contributed by atoms with Crippen LogP contribution in [0.15, 0.2) is 12.1 Å². The SMILES string of the molecule is Cc1c(Cl)ccc(OCCCCN(C)C)c1C.O=C(O)C(=O)O. The van der Waals surface area contributed by atoms with Crippen LogP contribution in [0.2, 0.25) is 5.02 Å². The van der Waals surface area contributed by atoms with E-state index in [4.69, 9.17) is 36.1 Å². The van der Waals surface area contributed by atoms with Crippen molar-refractivity contribution in [3.8, 4) is 5.75 Å². The predicted molar refractivity (Wildman–Crippen MR) is 89.5 cm³/mol. The van der Waals surface area contributed by atoms with Gasteiger partial charge in [0.05, 0.1) is 6.61 Å². The lowest BCUT2D eigenvalue weighted by atomic mass is 10.1. The van der Waals surface area contributed by atoms with E-state index in [1.165, 1.54) is 6.42 Å². The molecule has 0 aliphatic carbocycles. The molecule has 0 radical (unpaired) electrons. The Morgan fingerprint density at radius 3 is 2.13 bits per heavy atom. The molecule has 0 aromatic heterocycles. The summed E-state index contributed by atoms with van der Waals surface area (Å²) in [5, 5.41) is 15.6. The van der Waals surface area contributed by atoms with Gasteiger partial charge >= 0.3 is 11.9 Å². The number of rotatable bonds is 6. The number of ether oxygens (including phenoxy) is 1. The minimum absolute atomic E-state index is 0.774. The largest absolute Gasteiger partial charge is 0.493 e. The van der Waals surface area contributed by atoms with Crippen LogP contribution in [-0.4, -0.2) is 54.3 Å². The quantitative estimate of drug-likeness (QED) is 0.609. The van der Waals surface area contributed by atoms with Gasteiger partial charge in [-0.1, -0.05) is 11.6 Å². The normalized spacial score (nSPS) is 10.0. The molecule has 0 spiro atoms. The van der Waals surface area contributed by atoms with Crippen LogP contribution in [0.4, 0.5) is 0 Å². The lowest BCUT2D eigenvalue weighted by Gasteiger charge is -2.13. The van der Waals surface area contributed by atoms with Crippen LogP contribution >= 0.6 is 11.6 Å². The molecule has 0 aliphatic heterocycles. The first-order valence-electron chi connectivity index (χ1n) is 7.16. The summed E-state index contributed by atoms with van der Waals surface area (Å²) in [5.41, 5.74) is 2.25. The first kappa shape index (κ1) is 21.2. The van der Waals surface area contributed by atoms with Crippen LogP contribution in [-0.2, 0) is 9.59 Å². The number of carboxylic acid groups (broad SMARTS) is 2. The maximum atomic E-state index is 9.10. The molecular weight excluding hydrogens is 322 g/mol. The summed E-state index contributed by atoms with van der Waals surface area (Å²) in [4.78, 5) is 20.4. The maximum Gasteiger partial charge on any atom is 0.414 e. The smallest absolute Gasteiger partial charge is 0.414 e. The molecule has 0 atom stereocenters. The van der Waals surface area contributed by atoms with Crippen LogP contribution in [0.25, 0.3) is 0 Å². The third-order valence-electron chi connectivity index (χ3n) is 3.11. The lowest BCUT2D eigenvalue weighted by Crippen LogP contribution is -2.13. The topological polar surface area (TPSA) is 87.1 Å². The summed E-state index contributed by atoms with van der Waals surface area (Å²) in [6.45, 7) is 5.96. The van der Waals surface area contributed by atoms with Gasteiger partial charge in [0.2, 0.25) is 0 Å². The number of carboxylic acids is 2. The molecule has 7 heteroatoms. The summed E-state index contributed by atoms with van der Waals surface area (Å²) < 4.78 is 5.78. The molecule has 1 aromatic carbocycles. The fraction of sp³-hybridized carbons (Fsp3) is 0.500. The average Bonchev–Trinajstić information content (AvgIpc) is 2.47. The van der Waals surface area contributed by atoms with Gasteiger partial charge in [-0.3, -0.25) is 0 Å². The number of nitrogens with zero attached hydrogens (tertiary/aromatic N) is 1. The molecule has 2 N–H and O–H groups in total. The van der Waals surface area contributed by atoms with Crippen molar-refractivity contribution >= 4 is 23.5 Å². The Morgan fingerprint density at radius 1 is 1.09 bits per heavy atom. The number of aliphatic carboxylic acids is 2. The molecule has 1 aromatic rings. The van der Waals surface area contributed by atoms with Gasteiger partial charge in [0, 0.05) is 5.02 Å². The van der Waals surface area contributed by atoms with Crippen molar-refractivity contribution < 1.29 is 24.5 Å².